The van der Waals surface area contributed by atoms with Crippen LogP contribution in [0.5, 0.6) is 0 Å². The van der Waals surface area contributed by atoms with Gasteiger partial charge in [-0.3, -0.25) is 10.1 Å². The second kappa shape index (κ2) is 5.48. The van der Waals surface area contributed by atoms with Gasteiger partial charge >= 0.3 is 0 Å². The lowest BCUT2D eigenvalue weighted by Gasteiger charge is -2.27. The first-order valence-corrected chi connectivity index (χ1v) is 6.40. The molecule has 1 aliphatic heterocycles. The largest absolute Gasteiger partial charge is 0.322 e. The molecular formula is C14H19FN2O. The number of hydrogen-bond donors (Lipinski definition) is 1. The fraction of sp³-hybridized carbons (Fsp3) is 0.500. The Morgan fingerprint density at radius 2 is 2.33 bits per heavy atom. The second-order valence-corrected chi connectivity index (χ2v) is 4.90. The van der Waals surface area contributed by atoms with Gasteiger partial charge in [-0.25, -0.2) is 4.39 Å². The topological polar surface area (TPSA) is 32.3 Å². The van der Waals surface area contributed by atoms with Gasteiger partial charge in [-0.1, -0.05) is 32.4 Å². The maximum Gasteiger partial charge on any atom is 0.238 e. The normalized spacial score (nSPS) is 21.4. The van der Waals surface area contributed by atoms with Gasteiger partial charge in [0.1, 0.15) is 12.0 Å². The highest BCUT2D eigenvalue weighted by Crippen LogP contribution is 2.24. The quantitative estimate of drug-likeness (QED) is 0.889. The Morgan fingerprint density at radius 3 is 3.00 bits per heavy atom. The minimum absolute atomic E-state index is 0.0876. The molecule has 2 unspecified atom stereocenters. The molecule has 0 saturated carbocycles. The summed E-state index contributed by atoms with van der Waals surface area (Å²) in [5, 5.41) is 3.14. The van der Waals surface area contributed by atoms with Crippen LogP contribution in [0.2, 0.25) is 0 Å². The molecule has 2 rings (SSSR count). The van der Waals surface area contributed by atoms with Crippen molar-refractivity contribution < 1.29 is 9.18 Å². The maximum absolute atomic E-state index is 13.2. The van der Waals surface area contributed by atoms with Gasteiger partial charge in [0.25, 0.3) is 0 Å². The van der Waals surface area contributed by atoms with Gasteiger partial charge in [-0.2, -0.15) is 0 Å². The van der Waals surface area contributed by atoms with Gasteiger partial charge in [0.2, 0.25) is 5.91 Å². The van der Waals surface area contributed by atoms with Crippen molar-refractivity contribution in [3.8, 4) is 0 Å². The summed E-state index contributed by atoms with van der Waals surface area (Å²) in [5.41, 5.74) is 0.809. The number of halogens is 1. The summed E-state index contributed by atoms with van der Waals surface area (Å²) >= 11 is 0. The number of carbonyl (C=O) groups excluding carboxylic acids is 1. The number of rotatable bonds is 4. The van der Waals surface area contributed by atoms with E-state index in [1.54, 1.807) is 6.07 Å². The van der Waals surface area contributed by atoms with Gasteiger partial charge in [0.15, 0.2) is 0 Å². The minimum Gasteiger partial charge on any atom is -0.322 e. The van der Waals surface area contributed by atoms with E-state index >= 15 is 0 Å². The van der Waals surface area contributed by atoms with E-state index in [1.165, 1.54) is 12.1 Å². The lowest BCUT2D eigenvalue weighted by Crippen LogP contribution is -2.34. The van der Waals surface area contributed by atoms with Crippen molar-refractivity contribution in [2.45, 2.75) is 26.4 Å². The van der Waals surface area contributed by atoms with Gasteiger partial charge in [0, 0.05) is 6.54 Å². The van der Waals surface area contributed by atoms with Gasteiger partial charge in [0.05, 0.1) is 6.54 Å². The second-order valence-electron chi connectivity index (χ2n) is 4.90. The zero-order valence-electron chi connectivity index (χ0n) is 10.8. The first-order valence-electron chi connectivity index (χ1n) is 6.40. The number of benzene rings is 1. The number of amides is 1. The zero-order chi connectivity index (χ0) is 13.1. The molecule has 98 valence electrons. The van der Waals surface area contributed by atoms with Crippen LogP contribution in [0, 0.1) is 11.7 Å². The fourth-order valence-corrected chi connectivity index (χ4v) is 2.19. The van der Waals surface area contributed by atoms with Crippen LogP contribution < -0.4 is 5.32 Å². The average Bonchev–Trinajstić information content (AvgIpc) is 2.71. The van der Waals surface area contributed by atoms with Crippen LogP contribution >= 0.6 is 0 Å². The highest BCUT2D eigenvalue weighted by molar-refractivity contribution is 5.80. The van der Waals surface area contributed by atoms with Crippen molar-refractivity contribution in [3.05, 3.63) is 35.6 Å². The third kappa shape index (κ3) is 2.70. The van der Waals surface area contributed by atoms with Crippen LogP contribution in [-0.4, -0.2) is 23.9 Å². The number of nitrogens with zero attached hydrogens (tertiary/aromatic N) is 1. The van der Waals surface area contributed by atoms with E-state index in [9.17, 15) is 9.18 Å². The SMILES string of the molecule is CCC(C)CN1C(=O)CNC1c1cccc(F)c1. The van der Waals surface area contributed by atoms with Crippen LogP contribution in [0.25, 0.3) is 0 Å². The lowest BCUT2D eigenvalue weighted by molar-refractivity contribution is -0.128. The molecule has 1 aliphatic rings. The molecular weight excluding hydrogens is 231 g/mol. The van der Waals surface area contributed by atoms with E-state index in [0.29, 0.717) is 19.0 Å². The Balaban J connectivity index is 2.18. The highest BCUT2D eigenvalue weighted by atomic mass is 19.1. The molecule has 2 atom stereocenters. The molecule has 18 heavy (non-hydrogen) atoms. The standard InChI is InChI=1S/C14H19FN2O/c1-3-10(2)9-17-13(18)8-16-14(17)11-5-4-6-12(15)7-11/h4-7,10,14,16H,3,8-9H2,1-2H3. The van der Waals surface area contributed by atoms with E-state index < -0.39 is 0 Å². The smallest absolute Gasteiger partial charge is 0.238 e. The molecule has 1 aromatic carbocycles. The third-order valence-electron chi connectivity index (χ3n) is 3.45. The zero-order valence-corrected chi connectivity index (χ0v) is 10.8. The van der Waals surface area contributed by atoms with Crippen molar-refractivity contribution in [1.82, 2.24) is 10.2 Å². The van der Waals surface area contributed by atoms with E-state index in [1.807, 2.05) is 11.0 Å². The van der Waals surface area contributed by atoms with Gasteiger partial charge < -0.3 is 4.90 Å². The first kappa shape index (κ1) is 13.0. The molecule has 0 radical (unpaired) electrons. The van der Waals surface area contributed by atoms with Crippen LogP contribution in [0.4, 0.5) is 4.39 Å². The van der Waals surface area contributed by atoms with E-state index in [2.05, 4.69) is 19.2 Å². The summed E-state index contributed by atoms with van der Waals surface area (Å²) in [7, 11) is 0. The summed E-state index contributed by atoms with van der Waals surface area (Å²) in [5.74, 6) is 0.270. The number of hydrogen-bond acceptors (Lipinski definition) is 2. The fourth-order valence-electron chi connectivity index (χ4n) is 2.19. The van der Waals surface area contributed by atoms with Crippen LogP contribution in [0.15, 0.2) is 24.3 Å². The minimum atomic E-state index is -0.267. The Kier molecular flexibility index (Phi) is 3.97. The van der Waals surface area contributed by atoms with Crippen molar-refractivity contribution in [2.75, 3.05) is 13.1 Å². The number of carbonyl (C=O) groups is 1. The Bertz CT molecular complexity index is 436. The molecule has 1 heterocycles. The summed E-state index contributed by atoms with van der Waals surface area (Å²) < 4.78 is 13.2. The Hall–Kier alpha value is -1.42. The van der Waals surface area contributed by atoms with Crippen molar-refractivity contribution in [1.29, 1.82) is 0 Å². The molecule has 3 nitrogen and oxygen atoms in total. The molecule has 0 bridgehead atoms. The highest BCUT2D eigenvalue weighted by Gasteiger charge is 2.32. The van der Waals surface area contributed by atoms with Crippen LogP contribution in [-0.2, 0) is 4.79 Å². The number of nitrogens with one attached hydrogen (secondary N) is 1. The molecule has 1 aromatic rings. The van der Waals surface area contributed by atoms with E-state index in [0.717, 1.165) is 12.0 Å². The van der Waals surface area contributed by atoms with Crippen molar-refractivity contribution in [2.24, 2.45) is 5.92 Å². The predicted molar refractivity (Wildman–Crippen MR) is 68.3 cm³/mol. The Labute approximate surface area is 107 Å². The molecule has 1 saturated heterocycles. The van der Waals surface area contributed by atoms with Crippen LogP contribution in [0.3, 0.4) is 0 Å². The molecule has 0 spiro atoms. The Morgan fingerprint density at radius 1 is 1.56 bits per heavy atom. The molecule has 4 heteroatoms. The predicted octanol–water partition coefficient (Wildman–Crippen LogP) is 2.30. The van der Waals surface area contributed by atoms with Crippen molar-refractivity contribution >= 4 is 5.91 Å². The molecule has 0 aromatic heterocycles. The lowest BCUT2D eigenvalue weighted by atomic mass is 10.1. The maximum atomic E-state index is 13.2. The third-order valence-corrected chi connectivity index (χ3v) is 3.45. The van der Waals surface area contributed by atoms with E-state index in [4.69, 9.17) is 0 Å². The summed E-state index contributed by atoms with van der Waals surface area (Å²) in [6.07, 6.45) is 0.835. The molecule has 1 N–H and O–H groups in total. The summed E-state index contributed by atoms with van der Waals surface area (Å²) in [4.78, 5) is 13.7. The van der Waals surface area contributed by atoms with Crippen molar-refractivity contribution in [3.63, 3.8) is 0 Å². The van der Waals surface area contributed by atoms with E-state index in [-0.39, 0.29) is 17.9 Å². The monoisotopic (exact) mass is 250 g/mol. The average molecular weight is 250 g/mol. The first-order chi connectivity index (χ1) is 8.61. The van der Waals surface area contributed by atoms with Gasteiger partial charge in [-0.05, 0) is 23.6 Å². The van der Waals surface area contributed by atoms with Gasteiger partial charge in [-0.15, -0.1) is 0 Å². The molecule has 0 aliphatic carbocycles. The summed E-state index contributed by atoms with van der Waals surface area (Å²) in [6, 6.07) is 6.43. The summed E-state index contributed by atoms with van der Waals surface area (Å²) in [6.45, 7) is 5.27. The van der Waals surface area contributed by atoms with Crippen LogP contribution in [0.1, 0.15) is 32.0 Å². The molecule has 1 amide bonds. The molecule has 1 fully saturated rings.